The number of carbonyl (C=O) groups is 1. The molecule has 0 atom stereocenters. The minimum atomic E-state index is -0.138. The van der Waals surface area contributed by atoms with Crippen molar-refractivity contribution in [3.8, 4) is 0 Å². The average Bonchev–Trinajstić information content (AvgIpc) is 2.02. The monoisotopic (exact) mass is 197 g/mol. The smallest absolute Gasteiger partial charge is 0.223 e. The maximum absolute atomic E-state index is 11.8. The Labute approximate surface area is 87.1 Å². The number of hydrogen-bond donors (Lipinski definition) is 0. The Bertz CT molecular complexity index is 200. The molecule has 0 unspecified atom stereocenters. The molecule has 1 saturated heterocycles. The summed E-state index contributed by atoms with van der Waals surface area (Å²) in [6.45, 7) is 11.7. The van der Waals surface area contributed by atoms with Crippen LogP contribution in [0.2, 0.25) is 0 Å². The molecule has 0 N–H and O–H groups in total. The van der Waals surface area contributed by atoms with E-state index in [9.17, 15) is 4.79 Å². The maximum Gasteiger partial charge on any atom is 0.223 e. The number of carbonyl (C=O) groups excluding carboxylic acids is 1. The fraction of sp³-hybridized carbons (Fsp3) is 0.818. The molecule has 1 heterocycles. The van der Waals surface area contributed by atoms with Crippen molar-refractivity contribution in [3.63, 3.8) is 0 Å². The minimum absolute atomic E-state index is 0.138. The Morgan fingerprint density at radius 2 is 1.79 bits per heavy atom. The third-order valence-corrected chi connectivity index (χ3v) is 2.49. The van der Waals surface area contributed by atoms with Crippen LogP contribution in [0.25, 0.3) is 0 Å². The van der Waals surface area contributed by atoms with Gasteiger partial charge in [0.05, 0.1) is 0 Å². The Hall–Kier alpha value is -0.570. The molecule has 3 heteroatoms. The van der Waals surface area contributed by atoms with Gasteiger partial charge in [0.25, 0.3) is 0 Å². The largest absolute Gasteiger partial charge is 0.340 e. The number of hydrogen-bond acceptors (Lipinski definition) is 2. The van der Waals surface area contributed by atoms with E-state index in [1.807, 2.05) is 18.7 Å². The van der Waals surface area contributed by atoms with Gasteiger partial charge in [-0.2, -0.15) is 0 Å². The van der Waals surface area contributed by atoms with E-state index in [4.69, 9.17) is 0 Å². The van der Waals surface area contributed by atoms with Crippen molar-refractivity contribution < 1.29 is 4.79 Å². The second-order valence-electron chi connectivity index (χ2n) is 5.03. The lowest BCUT2D eigenvalue weighted by Crippen LogP contribution is -2.47. The molecular weight excluding hydrogens is 176 g/mol. The fourth-order valence-corrected chi connectivity index (χ4v) is 1.58. The maximum atomic E-state index is 11.8. The Morgan fingerprint density at radius 1 is 1.29 bits per heavy atom. The van der Waals surface area contributed by atoms with E-state index in [2.05, 4.69) is 18.9 Å². The molecule has 1 aliphatic rings. The van der Waals surface area contributed by atoms with Crippen LogP contribution in [0.3, 0.4) is 0 Å². The zero-order valence-electron chi connectivity index (χ0n) is 9.55. The van der Waals surface area contributed by atoms with E-state index in [0.717, 1.165) is 26.2 Å². The van der Waals surface area contributed by atoms with Gasteiger partial charge >= 0.3 is 0 Å². The number of likely N-dealkylation sites (N-methyl/N-ethyl adjacent to an activating group) is 1. The van der Waals surface area contributed by atoms with E-state index in [1.165, 1.54) is 0 Å². The molecule has 0 saturated carbocycles. The van der Waals surface area contributed by atoms with Crippen molar-refractivity contribution in [2.75, 3.05) is 33.2 Å². The number of piperazine rings is 1. The van der Waals surface area contributed by atoms with Gasteiger partial charge in [0, 0.05) is 32.6 Å². The van der Waals surface area contributed by atoms with Crippen LogP contribution >= 0.6 is 0 Å². The van der Waals surface area contributed by atoms with Crippen LogP contribution in [0.5, 0.6) is 0 Å². The first-order valence-corrected chi connectivity index (χ1v) is 5.20. The summed E-state index contributed by atoms with van der Waals surface area (Å²) in [6, 6.07) is 0. The molecule has 1 amide bonds. The second kappa shape index (κ2) is 4.30. The summed E-state index contributed by atoms with van der Waals surface area (Å²) < 4.78 is 0. The van der Waals surface area contributed by atoms with Crippen LogP contribution in [0.1, 0.15) is 20.3 Å². The number of rotatable bonds is 2. The van der Waals surface area contributed by atoms with Crippen LogP contribution < -0.4 is 0 Å². The standard InChI is InChI=1S/C11H21N2O/c1-11(2,3)9-10(14)13-7-5-12(4)6-8-13/h1,5-9H2,2-4H3. The van der Waals surface area contributed by atoms with Gasteiger partial charge in [-0.3, -0.25) is 4.79 Å². The van der Waals surface area contributed by atoms with Gasteiger partial charge < -0.3 is 9.80 Å². The molecule has 0 bridgehead atoms. The van der Waals surface area contributed by atoms with Gasteiger partial charge in [-0.1, -0.05) is 13.8 Å². The van der Waals surface area contributed by atoms with Crippen molar-refractivity contribution in [2.45, 2.75) is 20.3 Å². The van der Waals surface area contributed by atoms with Gasteiger partial charge in [0.15, 0.2) is 0 Å². The van der Waals surface area contributed by atoms with Crippen molar-refractivity contribution in [3.05, 3.63) is 6.92 Å². The average molecular weight is 197 g/mol. The molecule has 14 heavy (non-hydrogen) atoms. The van der Waals surface area contributed by atoms with Crippen LogP contribution in [-0.2, 0) is 4.79 Å². The molecule has 1 radical (unpaired) electrons. The quantitative estimate of drug-likeness (QED) is 0.659. The molecule has 1 aliphatic heterocycles. The summed E-state index contributed by atoms with van der Waals surface area (Å²) in [5, 5.41) is 0. The summed E-state index contributed by atoms with van der Waals surface area (Å²) >= 11 is 0. The highest BCUT2D eigenvalue weighted by Gasteiger charge is 2.23. The van der Waals surface area contributed by atoms with E-state index in [0.29, 0.717) is 6.42 Å². The third-order valence-electron chi connectivity index (χ3n) is 2.49. The molecular formula is C11H21N2O. The molecule has 3 nitrogen and oxygen atoms in total. The highest BCUT2D eigenvalue weighted by molar-refractivity contribution is 5.77. The van der Waals surface area contributed by atoms with Crippen LogP contribution in [0.4, 0.5) is 0 Å². The predicted molar refractivity (Wildman–Crippen MR) is 57.8 cm³/mol. The first-order chi connectivity index (χ1) is 6.38. The highest BCUT2D eigenvalue weighted by Crippen LogP contribution is 2.19. The van der Waals surface area contributed by atoms with Crippen molar-refractivity contribution >= 4 is 5.91 Å². The fourth-order valence-electron chi connectivity index (χ4n) is 1.58. The van der Waals surface area contributed by atoms with Crippen LogP contribution in [-0.4, -0.2) is 48.9 Å². The molecule has 0 aromatic heterocycles. The Morgan fingerprint density at radius 3 is 2.21 bits per heavy atom. The van der Waals surface area contributed by atoms with Gasteiger partial charge in [0.2, 0.25) is 5.91 Å². The molecule has 0 aromatic carbocycles. The normalized spacial score (nSPS) is 19.9. The minimum Gasteiger partial charge on any atom is -0.340 e. The van der Waals surface area contributed by atoms with Gasteiger partial charge in [-0.15, -0.1) is 0 Å². The van der Waals surface area contributed by atoms with Crippen molar-refractivity contribution in [2.24, 2.45) is 5.41 Å². The first-order valence-electron chi connectivity index (χ1n) is 5.20. The molecule has 0 spiro atoms. The zero-order valence-corrected chi connectivity index (χ0v) is 9.55. The summed E-state index contributed by atoms with van der Waals surface area (Å²) in [5.74, 6) is 0.248. The predicted octanol–water partition coefficient (Wildman–Crippen LogP) is 1.01. The summed E-state index contributed by atoms with van der Waals surface area (Å²) in [4.78, 5) is 16.0. The zero-order chi connectivity index (χ0) is 10.8. The van der Waals surface area contributed by atoms with Crippen LogP contribution in [0.15, 0.2) is 0 Å². The third kappa shape index (κ3) is 3.66. The lowest BCUT2D eigenvalue weighted by Gasteiger charge is -2.34. The molecule has 0 aromatic rings. The lowest BCUT2D eigenvalue weighted by molar-refractivity contribution is -0.134. The molecule has 1 rings (SSSR count). The van der Waals surface area contributed by atoms with Gasteiger partial charge in [0.1, 0.15) is 0 Å². The molecule has 0 aliphatic carbocycles. The van der Waals surface area contributed by atoms with Crippen molar-refractivity contribution in [1.82, 2.24) is 9.80 Å². The molecule has 1 fully saturated rings. The van der Waals surface area contributed by atoms with E-state index < -0.39 is 0 Å². The summed E-state index contributed by atoms with van der Waals surface area (Å²) in [7, 11) is 2.09. The summed E-state index contributed by atoms with van der Waals surface area (Å²) in [5.41, 5.74) is -0.138. The Kier molecular flexibility index (Phi) is 3.53. The first kappa shape index (κ1) is 11.5. The summed E-state index contributed by atoms with van der Waals surface area (Å²) in [6.07, 6.45) is 0.552. The highest BCUT2D eigenvalue weighted by atomic mass is 16.2. The van der Waals surface area contributed by atoms with E-state index in [-0.39, 0.29) is 11.3 Å². The van der Waals surface area contributed by atoms with Gasteiger partial charge in [-0.25, -0.2) is 0 Å². The number of amides is 1. The second-order valence-corrected chi connectivity index (χ2v) is 5.03. The lowest BCUT2D eigenvalue weighted by atomic mass is 9.91. The Balaban J connectivity index is 2.38. The van der Waals surface area contributed by atoms with E-state index >= 15 is 0 Å². The number of nitrogens with zero attached hydrogens (tertiary/aromatic N) is 2. The van der Waals surface area contributed by atoms with Gasteiger partial charge in [-0.05, 0) is 19.4 Å². The topological polar surface area (TPSA) is 23.6 Å². The SMILES string of the molecule is [CH2]C(C)(C)CC(=O)N1CCN(C)CC1. The van der Waals surface area contributed by atoms with Crippen LogP contribution in [0, 0.1) is 12.3 Å². The molecule has 81 valence electrons. The van der Waals surface area contributed by atoms with Crippen molar-refractivity contribution in [1.29, 1.82) is 0 Å². The van der Waals surface area contributed by atoms with E-state index in [1.54, 1.807) is 0 Å².